The van der Waals surface area contributed by atoms with Crippen molar-refractivity contribution in [3.05, 3.63) is 0 Å². The van der Waals surface area contributed by atoms with Crippen LogP contribution in [0.4, 0.5) is 0 Å². The molecule has 0 bridgehead atoms. The predicted octanol–water partition coefficient (Wildman–Crippen LogP) is -2.97. The number of aliphatic hydroxyl groups excluding tert-OH is 4. The van der Waals surface area contributed by atoms with Crippen LogP contribution in [0.2, 0.25) is 0 Å². The van der Waals surface area contributed by atoms with Crippen molar-refractivity contribution in [2.45, 2.75) is 24.4 Å². The van der Waals surface area contributed by atoms with Crippen molar-refractivity contribution in [2.75, 3.05) is 13.2 Å². The average Bonchev–Trinajstić information content (AvgIpc) is 2.32. The molecule has 0 aromatic heterocycles. The van der Waals surface area contributed by atoms with Gasteiger partial charge < -0.3 is 25.7 Å². The second kappa shape index (κ2) is 3.46. The minimum absolute atomic E-state index is 0.253. The number of aliphatic hydroxyl groups is 4. The minimum Gasteiger partial charge on any atom is -0.394 e. The topological polar surface area (TPSA) is 93.0 Å². The van der Waals surface area contributed by atoms with E-state index in [9.17, 15) is 5.11 Å². The molecule has 0 spiro atoms. The third-order valence-corrected chi connectivity index (χ3v) is 1.93. The van der Waals surface area contributed by atoms with Crippen LogP contribution in [0, 0.1) is 0 Å². The number of rotatable bonds is 2. The number of nitrogens with one attached hydrogen (secondary N) is 1. The van der Waals surface area contributed by atoms with E-state index < -0.39 is 31.0 Å². The van der Waals surface area contributed by atoms with Crippen LogP contribution in [0.15, 0.2) is 0 Å². The minimum atomic E-state index is -1.01. The Morgan fingerprint density at radius 3 is 2.45 bits per heavy atom. The zero-order valence-electron chi connectivity index (χ0n) is 6.01. The summed E-state index contributed by atoms with van der Waals surface area (Å²) in [5.74, 6) is 0. The van der Waals surface area contributed by atoms with Crippen molar-refractivity contribution in [3.63, 3.8) is 0 Å². The second-order valence-corrected chi connectivity index (χ2v) is 2.74. The number of hydrogen-bond acceptors (Lipinski definition) is 5. The summed E-state index contributed by atoms with van der Waals surface area (Å²) in [6.45, 7) is -0.162. The number of β-amino-alcohol motifs (C(OH)–C–C–N with tert-alkyl or cyclic N) is 1. The van der Waals surface area contributed by atoms with Crippen molar-refractivity contribution in [1.29, 1.82) is 0 Å². The summed E-state index contributed by atoms with van der Waals surface area (Å²) in [7, 11) is 0. The first-order chi connectivity index (χ1) is 5.16. The van der Waals surface area contributed by atoms with E-state index >= 15 is 0 Å². The fourth-order valence-electron chi connectivity index (χ4n) is 1.21. The lowest BCUT2D eigenvalue weighted by Crippen LogP contribution is -2.44. The van der Waals surface area contributed by atoms with E-state index in [4.69, 9.17) is 15.3 Å². The molecule has 1 saturated heterocycles. The van der Waals surface area contributed by atoms with Crippen molar-refractivity contribution >= 4 is 0 Å². The maximum Gasteiger partial charge on any atom is 0.0990 e. The van der Waals surface area contributed by atoms with E-state index in [-0.39, 0.29) is 6.54 Å². The van der Waals surface area contributed by atoms with Gasteiger partial charge in [0.05, 0.1) is 31.0 Å². The molecule has 4 atom stereocenters. The summed E-state index contributed by atoms with van der Waals surface area (Å²) < 4.78 is 0. The van der Waals surface area contributed by atoms with Gasteiger partial charge in [-0.3, -0.25) is 0 Å². The van der Waals surface area contributed by atoms with Gasteiger partial charge in [0.2, 0.25) is 0 Å². The highest BCUT2D eigenvalue weighted by molar-refractivity contribution is 4.94. The van der Waals surface area contributed by atoms with Crippen molar-refractivity contribution < 1.29 is 20.4 Å². The molecule has 11 heavy (non-hydrogen) atoms. The molecule has 0 aliphatic carbocycles. The van der Waals surface area contributed by atoms with Crippen molar-refractivity contribution in [3.8, 4) is 0 Å². The van der Waals surface area contributed by atoms with Crippen LogP contribution in [0.1, 0.15) is 0 Å². The lowest BCUT2D eigenvalue weighted by atomic mass is 10.1. The summed E-state index contributed by atoms with van der Waals surface area (Å²) in [4.78, 5) is 0. The summed E-state index contributed by atoms with van der Waals surface area (Å²) >= 11 is 0. The zero-order chi connectivity index (χ0) is 8.43. The Labute approximate surface area is 64.3 Å². The Bertz CT molecular complexity index is 132. The average molecular weight is 163 g/mol. The standard InChI is InChI=1S/C6H13NO4/c8-2-4(10)5-6(11)3(9)1-7-5/h3-11H,1-2H2/t3-,4-,5-,6-/m0/s1. The first-order valence-corrected chi connectivity index (χ1v) is 3.55. The molecule has 0 radical (unpaired) electrons. The molecule has 0 aromatic carbocycles. The van der Waals surface area contributed by atoms with Gasteiger partial charge in [0.15, 0.2) is 0 Å². The molecule has 5 heteroatoms. The third-order valence-electron chi connectivity index (χ3n) is 1.93. The Hall–Kier alpha value is -0.200. The molecule has 0 saturated carbocycles. The van der Waals surface area contributed by atoms with Gasteiger partial charge in [-0.05, 0) is 0 Å². The van der Waals surface area contributed by atoms with Gasteiger partial charge in [0.1, 0.15) is 0 Å². The SMILES string of the molecule is OC[C@H](O)[C@@H]1NC[C@H](O)[C@@H]1O. The van der Waals surface area contributed by atoms with Crippen LogP contribution in [0.25, 0.3) is 0 Å². The van der Waals surface area contributed by atoms with Gasteiger partial charge in [0.25, 0.3) is 0 Å². The Morgan fingerprint density at radius 1 is 1.45 bits per heavy atom. The van der Waals surface area contributed by atoms with Gasteiger partial charge in [0, 0.05) is 6.54 Å². The van der Waals surface area contributed by atoms with E-state index in [0.717, 1.165) is 0 Å². The highest BCUT2D eigenvalue weighted by Crippen LogP contribution is 2.10. The fraction of sp³-hybridized carbons (Fsp3) is 1.00. The molecule has 0 aromatic rings. The number of hydrogen-bond donors (Lipinski definition) is 5. The molecule has 5 nitrogen and oxygen atoms in total. The lowest BCUT2D eigenvalue weighted by Gasteiger charge is -2.19. The quantitative estimate of drug-likeness (QED) is 0.300. The molecule has 1 aliphatic rings. The summed E-state index contributed by atoms with van der Waals surface area (Å²) in [6, 6.07) is -0.616. The van der Waals surface area contributed by atoms with Crippen LogP contribution in [0.3, 0.4) is 0 Å². The Morgan fingerprint density at radius 2 is 2.09 bits per heavy atom. The zero-order valence-corrected chi connectivity index (χ0v) is 6.01. The van der Waals surface area contributed by atoms with Crippen LogP contribution in [-0.2, 0) is 0 Å². The van der Waals surface area contributed by atoms with E-state index in [2.05, 4.69) is 5.32 Å². The molecule has 1 rings (SSSR count). The molecule has 1 aliphatic heterocycles. The largest absolute Gasteiger partial charge is 0.394 e. The van der Waals surface area contributed by atoms with E-state index in [1.54, 1.807) is 0 Å². The normalized spacial score (nSPS) is 40.9. The first-order valence-electron chi connectivity index (χ1n) is 3.55. The predicted molar refractivity (Wildman–Crippen MR) is 36.9 cm³/mol. The van der Waals surface area contributed by atoms with Crippen LogP contribution >= 0.6 is 0 Å². The van der Waals surface area contributed by atoms with Crippen molar-refractivity contribution in [1.82, 2.24) is 5.32 Å². The van der Waals surface area contributed by atoms with E-state index in [1.807, 2.05) is 0 Å². The van der Waals surface area contributed by atoms with Gasteiger partial charge in [-0.1, -0.05) is 0 Å². The van der Waals surface area contributed by atoms with Crippen LogP contribution < -0.4 is 5.32 Å². The highest BCUT2D eigenvalue weighted by atomic mass is 16.3. The summed E-state index contributed by atoms with van der Waals surface area (Å²) in [5.41, 5.74) is 0. The molecule has 66 valence electrons. The van der Waals surface area contributed by atoms with Crippen LogP contribution in [-0.4, -0.2) is 57.9 Å². The van der Waals surface area contributed by atoms with Crippen LogP contribution in [0.5, 0.6) is 0 Å². The lowest BCUT2D eigenvalue weighted by molar-refractivity contribution is -0.00977. The molecule has 1 heterocycles. The van der Waals surface area contributed by atoms with Gasteiger partial charge in [-0.15, -0.1) is 0 Å². The molecular formula is C6H13NO4. The molecular weight excluding hydrogens is 150 g/mol. The van der Waals surface area contributed by atoms with Crippen molar-refractivity contribution in [2.24, 2.45) is 0 Å². The fourth-order valence-corrected chi connectivity index (χ4v) is 1.21. The Kier molecular flexibility index (Phi) is 2.80. The molecule has 0 amide bonds. The maximum atomic E-state index is 9.18. The Balaban J connectivity index is 2.47. The smallest absolute Gasteiger partial charge is 0.0990 e. The van der Waals surface area contributed by atoms with Gasteiger partial charge >= 0.3 is 0 Å². The monoisotopic (exact) mass is 163 g/mol. The molecule has 5 N–H and O–H groups in total. The van der Waals surface area contributed by atoms with Gasteiger partial charge in [-0.25, -0.2) is 0 Å². The second-order valence-electron chi connectivity index (χ2n) is 2.74. The van der Waals surface area contributed by atoms with E-state index in [0.29, 0.717) is 0 Å². The highest BCUT2D eigenvalue weighted by Gasteiger charge is 2.36. The van der Waals surface area contributed by atoms with Gasteiger partial charge in [-0.2, -0.15) is 0 Å². The van der Waals surface area contributed by atoms with E-state index in [1.165, 1.54) is 0 Å². The summed E-state index contributed by atoms with van der Waals surface area (Å²) in [5, 5.41) is 38.5. The first kappa shape index (κ1) is 8.89. The third kappa shape index (κ3) is 1.69. The molecule has 0 unspecified atom stereocenters. The molecule has 1 fully saturated rings. The summed E-state index contributed by atoms with van der Waals surface area (Å²) in [6.07, 6.45) is -2.85. The maximum absolute atomic E-state index is 9.18.